The van der Waals surface area contributed by atoms with E-state index in [-0.39, 0.29) is 24.4 Å². The van der Waals surface area contributed by atoms with Crippen LogP contribution in [0.15, 0.2) is 4.42 Å². The van der Waals surface area contributed by atoms with Gasteiger partial charge in [-0.05, 0) is 19.8 Å². The number of halogens is 1. The molecule has 0 spiro atoms. The van der Waals surface area contributed by atoms with Gasteiger partial charge in [-0.1, -0.05) is 0 Å². The molecule has 96 valence electrons. The molecule has 1 aromatic heterocycles. The fourth-order valence-corrected chi connectivity index (χ4v) is 2.07. The smallest absolute Gasteiger partial charge is 0.291 e. The lowest BCUT2D eigenvalue weighted by molar-refractivity contribution is 0.0674. The highest BCUT2D eigenvalue weighted by molar-refractivity contribution is 5.92. The van der Waals surface area contributed by atoms with Gasteiger partial charge in [0.2, 0.25) is 5.76 Å². The first-order valence-electron chi connectivity index (χ1n) is 5.57. The molecule has 2 rings (SSSR count). The molecule has 0 radical (unpaired) electrons. The van der Waals surface area contributed by atoms with Crippen LogP contribution in [0.25, 0.3) is 0 Å². The number of aryl methyl sites for hydroxylation is 2. The molecule has 1 amide bonds. The van der Waals surface area contributed by atoms with Crippen molar-refractivity contribution in [1.29, 1.82) is 0 Å². The van der Waals surface area contributed by atoms with E-state index in [0.717, 1.165) is 19.4 Å². The topological polar surface area (TPSA) is 72.4 Å². The summed E-state index contributed by atoms with van der Waals surface area (Å²) in [6.45, 7) is 4.89. The zero-order chi connectivity index (χ0) is 11.7. The van der Waals surface area contributed by atoms with Gasteiger partial charge in [-0.2, -0.15) is 0 Å². The predicted molar refractivity (Wildman–Crippen MR) is 66.3 cm³/mol. The molecule has 1 saturated heterocycles. The number of oxazole rings is 1. The van der Waals surface area contributed by atoms with Crippen molar-refractivity contribution in [1.82, 2.24) is 9.88 Å². The van der Waals surface area contributed by atoms with Gasteiger partial charge in [0.05, 0.1) is 5.69 Å². The minimum atomic E-state index is -0.0896. The fraction of sp³-hybridized carbons (Fsp3) is 0.636. The van der Waals surface area contributed by atoms with Crippen molar-refractivity contribution in [2.24, 2.45) is 5.73 Å². The molecule has 1 fully saturated rings. The average molecular weight is 260 g/mol. The quantitative estimate of drug-likeness (QED) is 0.825. The highest BCUT2D eigenvalue weighted by atomic mass is 35.5. The van der Waals surface area contributed by atoms with Crippen LogP contribution in [0.2, 0.25) is 0 Å². The number of aromatic nitrogens is 1. The van der Waals surface area contributed by atoms with E-state index >= 15 is 0 Å². The van der Waals surface area contributed by atoms with Gasteiger partial charge in [-0.25, -0.2) is 4.98 Å². The molecule has 0 aromatic carbocycles. The molecule has 1 unspecified atom stereocenters. The van der Waals surface area contributed by atoms with Crippen molar-refractivity contribution in [3.05, 3.63) is 17.3 Å². The van der Waals surface area contributed by atoms with E-state index in [2.05, 4.69) is 4.98 Å². The molecular formula is C11H18ClN3O2. The first-order valence-corrected chi connectivity index (χ1v) is 5.57. The Morgan fingerprint density at radius 3 is 2.76 bits per heavy atom. The summed E-state index contributed by atoms with van der Waals surface area (Å²) in [5.74, 6) is 0.794. The van der Waals surface area contributed by atoms with E-state index < -0.39 is 0 Å². The van der Waals surface area contributed by atoms with Crippen LogP contribution in [0.3, 0.4) is 0 Å². The van der Waals surface area contributed by atoms with Gasteiger partial charge >= 0.3 is 0 Å². The normalized spacial score (nSPS) is 19.9. The molecular weight excluding hydrogens is 242 g/mol. The van der Waals surface area contributed by atoms with Crippen LogP contribution < -0.4 is 5.73 Å². The zero-order valence-corrected chi connectivity index (χ0v) is 10.9. The summed E-state index contributed by atoms with van der Waals surface area (Å²) in [4.78, 5) is 18.0. The third-order valence-corrected chi connectivity index (χ3v) is 2.84. The number of likely N-dealkylation sites (tertiary alicyclic amines) is 1. The van der Waals surface area contributed by atoms with Crippen LogP contribution in [0.5, 0.6) is 0 Å². The van der Waals surface area contributed by atoms with Crippen molar-refractivity contribution in [3.8, 4) is 0 Å². The van der Waals surface area contributed by atoms with Crippen LogP contribution in [0, 0.1) is 13.8 Å². The lowest BCUT2D eigenvalue weighted by Gasteiger charge is -2.30. The fourth-order valence-electron chi connectivity index (χ4n) is 2.07. The van der Waals surface area contributed by atoms with Crippen molar-refractivity contribution < 1.29 is 9.21 Å². The Kier molecular flexibility index (Phi) is 4.54. The standard InChI is InChI=1S/C11H17N3O2.ClH/c1-7-10(16-8(2)13-7)11(15)14-5-3-4-9(12)6-14;/h9H,3-6,12H2,1-2H3;1H. The molecule has 2 heterocycles. The third-order valence-electron chi connectivity index (χ3n) is 2.84. The summed E-state index contributed by atoms with van der Waals surface area (Å²) in [5.41, 5.74) is 6.50. The van der Waals surface area contributed by atoms with Gasteiger partial charge in [0.15, 0.2) is 5.89 Å². The van der Waals surface area contributed by atoms with Crippen LogP contribution in [0.1, 0.15) is 35.0 Å². The van der Waals surface area contributed by atoms with Gasteiger partial charge in [0.1, 0.15) is 0 Å². The maximum Gasteiger partial charge on any atom is 0.291 e. The number of amides is 1. The van der Waals surface area contributed by atoms with Crippen LogP contribution in [0.4, 0.5) is 0 Å². The summed E-state index contributed by atoms with van der Waals surface area (Å²) in [6, 6.07) is 0.0852. The average Bonchev–Trinajstić information content (AvgIpc) is 2.57. The molecule has 5 nitrogen and oxygen atoms in total. The van der Waals surface area contributed by atoms with Crippen molar-refractivity contribution in [3.63, 3.8) is 0 Å². The highest BCUT2D eigenvalue weighted by Gasteiger charge is 2.26. The van der Waals surface area contributed by atoms with Crippen LogP contribution in [-0.4, -0.2) is 34.9 Å². The Labute approximate surface area is 107 Å². The van der Waals surface area contributed by atoms with E-state index in [9.17, 15) is 4.79 Å². The van der Waals surface area contributed by atoms with E-state index in [4.69, 9.17) is 10.2 Å². The van der Waals surface area contributed by atoms with Crippen molar-refractivity contribution in [2.75, 3.05) is 13.1 Å². The van der Waals surface area contributed by atoms with Gasteiger partial charge in [-0.3, -0.25) is 4.79 Å². The van der Waals surface area contributed by atoms with Crippen molar-refractivity contribution in [2.45, 2.75) is 32.7 Å². The summed E-state index contributed by atoms with van der Waals surface area (Å²) < 4.78 is 5.32. The van der Waals surface area contributed by atoms with Crippen molar-refractivity contribution >= 4 is 18.3 Å². The number of carbonyl (C=O) groups is 1. The first-order chi connectivity index (χ1) is 7.58. The minimum Gasteiger partial charge on any atom is -0.436 e. The Balaban J connectivity index is 0.00000144. The van der Waals surface area contributed by atoms with Gasteiger partial charge in [-0.15, -0.1) is 12.4 Å². The summed E-state index contributed by atoms with van der Waals surface area (Å²) in [6.07, 6.45) is 1.94. The monoisotopic (exact) mass is 259 g/mol. The van der Waals surface area contributed by atoms with Crippen LogP contribution >= 0.6 is 12.4 Å². The first kappa shape index (κ1) is 14.0. The minimum absolute atomic E-state index is 0. The van der Waals surface area contributed by atoms with E-state index in [1.165, 1.54) is 0 Å². The maximum atomic E-state index is 12.1. The predicted octanol–water partition coefficient (Wildman–Crippen LogP) is 1.28. The number of hydrogen-bond acceptors (Lipinski definition) is 4. The second-order valence-electron chi connectivity index (χ2n) is 4.30. The number of piperidine rings is 1. The molecule has 0 saturated carbocycles. The van der Waals surface area contributed by atoms with E-state index in [1.807, 2.05) is 0 Å². The highest BCUT2D eigenvalue weighted by Crippen LogP contribution is 2.16. The third kappa shape index (κ3) is 2.98. The number of nitrogens with two attached hydrogens (primary N) is 1. The molecule has 1 aromatic rings. The summed E-state index contributed by atoms with van der Waals surface area (Å²) in [7, 11) is 0. The van der Waals surface area contributed by atoms with E-state index in [0.29, 0.717) is 23.9 Å². The Morgan fingerprint density at radius 2 is 2.24 bits per heavy atom. The summed E-state index contributed by atoms with van der Waals surface area (Å²) >= 11 is 0. The number of nitrogens with zero attached hydrogens (tertiary/aromatic N) is 2. The molecule has 1 atom stereocenters. The lowest BCUT2D eigenvalue weighted by Crippen LogP contribution is -2.45. The van der Waals surface area contributed by atoms with E-state index in [1.54, 1.807) is 18.7 Å². The maximum absolute atomic E-state index is 12.1. The molecule has 6 heteroatoms. The second-order valence-corrected chi connectivity index (χ2v) is 4.30. The zero-order valence-electron chi connectivity index (χ0n) is 10.1. The molecule has 17 heavy (non-hydrogen) atoms. The Morgan fingerprint density at radius 1 is 1.53 bits per heavy atom. The molecule has 2 N–H and O–H groups in total. The van der Waals surface area contributed by atoms with Gasteiger partial charge in [0, 0.05) is 26.1 Å². The molecule has 0 aliphatic carbocycles. The SMILES string of the molecule is Cc1nc(C)c(C(=O)N2CCCC(N)C2)o1.Cl. The molecule has 1 aliphatic heterocycles. The molecule has 1 aliphatic rings. The Hall–Kier alpha value is -1.07. The Bertz CT molecular complexity index is 405. The number of hydrogen-bond donors (Lipinski definition) is 1. The second kappa shape index (κ2) is 5.51. The largest absolute Gasteiger partial charge is 0.436 e. The summed E-state index contributed by atoms with van der Waals surface area (Å²) in [5, 5.41) is 0. The van der Waals surface area contributed by atoms with Crippen LogP contribution in [-0.2, 0) is 0 Å². The number of carbonyl (C=O) groups excluding carboxylic acids is 1. The van der Waals surface area contributed by atoms with Gasteiger partial charge < -0.3 is 15.1 Å². The lowest BCUT2D eigenvalue weighted by atomic mass is 10.1. The molecule has 0 bridgehead atoms. The number of rotatable bonds is 1. The van der Waals surface area contributed by atoms with Gasteiger partial charge in [0.25, 0.3) is 5.91 Å².